The van der Waals surface area contributed by atoms with Gasteiger partial charge in [0.1, 0.15) is 11.6 Å². The van der Waals surface area contributed by atoms with Crippen molar-refractivity contribution in [2.45, 2.75) is 37.5 Å². The number of hydrogen-bond donors (Lipinski definition) is 1. The molecule has 2 amide bonds. The minimum absolute atomic E-state index is 0.0112. The van der Waals surface area contributed by atoms with Gasteiger partial charge >= 0.3 is 0 Å². The van der Waals surface area contributed by atoms with Gasteiger partial charge in [-0.15, -0.1) is 0 Å². The monoisotopic (exact) mass is 322 g/mol. The first-order valence-electron chi connectivity index (χ1n) is 8.00. The summed E-state index contributed by atoms with van der Waals surface area (Å²) in [6.45, 7) is 0.987. The first kappa shape index (κ1) is 15.9. The molecule has 0 unspecified atom stereocenters. The summed E-state index contributed by atoms with van der Waals surface area (Å²) in [6.07, 6.45) is 3.82. The second-order valence-electron chi connectivity index (χ2n) is 6.45. The van der Waals surface area contributed by atoms with Crippen molar-refractivity contribution < 1.29 is 18.4 Å². The fourth-order valence-electron chi connectivity index (χ4n) is 3.14. The molecule has 2 fully saturated rings. The molecule has 3 rings (SSSR count). The lowest BCUT2D eigenvalue weighted by Gasteiger charge is -2.26. The SMILES string of the molecule is O=C(CN1CCCCC1=O)NCC1(c2ccc(F)cc2F)CC1. The Labute approximate surface area is 133 Å². The second kappa shape index (κ2) is 6.26. The fourth-order valence-corrected chi connectivity index (χ4v) is 3.14. The Kier molecular flexibility index (Phi) is 4.33. The maximum atomic E-state index is 13.9. The van der Waals surface area contributed by atoms with Crippen LogP contribution in [0, 0.1) is 11.6 Å². The van der Waals surface area contributed by atoms with Crippen molar-refractivity contribution in [3.05, 3.63) is 35.4 Å². The first-order valence-corrected chi connectivity index (χ1v) is 8.00. The molecule has 1 aromatic carbocycles. The van der Waals surface area contributed by atoms with Crippen molar-refractivity contribution in [1.82, 2.24) is 10.2 Å². The molecule has 1 saturated carbocycles. The Hall–Kier alpha value is -1.98. The third-order valence-corrected chi connectivity index (χ3v) is 4.74. The molecule has 1 aromatic rings. The van der Waals surface area contributed by atoms with Crippen LogP contribution in [0.3, 0.4) is 0 Å². The zero-order valence-electron chi connectivity index (χ0n) is 12.9. The van der Waals surface area contributed by atoms with Gasteiger partial charge in [0, 0.05) is 31.0 Å². The zero-order chi connectivity index (χ0) is 16.4. The van der Waals surface area contributed by atoms with Gasteiger partial charge in [0.25, 0.3) is 0 Å². The van der Waals surface area contributed by atoms with Crippen LogP contribution in [0.2, 0.25) is 0 Å². The molecule has 1 aliphatic carbocycles. The summed E-state index contributed by atoms with van der Waals surface area (Å²) in [4.78, 5) is 25.3. The Bertz CT molecular complexity index is 629. The smallest absolute Gasteiger partial charge is 0.239 e. The van der Waals surface area contributed by atoms with Crippen LogP contribution in [0.4, 0.5) is 8.78 Å². The Balaban J connectivity index is 1.57. The summed E-state index contributed by atoms with van der Waals surface area (Å²) in [6, 6.07) is 3.58. The van der Waals surface area contributed by atoms with Crippen molar-refractivity contribution >= 4 is 11.8 Å². The molecular formula is C17H20F2N2O2. The van der Waals surface area contributed by atoms with E-state index in [1.165, 1.54) is 12.1 Å². The minimum Gasteiger partial charge on any atom is -0.354 e. The maximum Gasteiger partial charge on any atom is 0.239 e. The first-order chi connectivity index (χ1) is 11.0. The molecule has 124 valence electrons. The molecule has 0 spiro atoms. The number of hydrogen-bond acceptors (Lipinski definition) is 2. The van der Waals surface area contributed by atoms with Gasteiger partial charge in [-0.1, -0.05) is 6.07 Å². The molecule has 6 heteroatoms. The number of halogens is 2. The third kappa shape index (κ3) is 3.51. The van der Waals surface area contributed by atoms with Gasteiger partial charge in [-0.05, 0) is 37.3 Å². The summed E-state index contributed by atoms with van der Waals surface area (Å²) in [5.74, 6) is -1.39. The van der Waals surface area contributed by atoms with Crippen molar-refractivity contribution in [3.8, 4) is 0 Å². The molecule has 23 heavy (non-hydrogen) atoms. The number of nitrogens with zero attached hydrogens (tertiary/aromatic N) is 1. The van der Waals surface area contributed by atoms with Crippen LogP contribution in [0.15, 0.2) is 18.2 Å². The number of piperidine rings is 1. The van der Waals surface area contributed by atoms with Gasteiger partial charge in [-0.3, -0.25) is 9.59 Å². The summed E-state index contributed by atoms with van der Waals surface area (Å²) in [7, 11) is 0. The van der Waals surface area contributed by atoms with E-state index >= 15 is 0 Å². The standard InChI is InChI=1S/C17H20F2N2O2/c18-12-4-5-13(14(19)9-12)17(6-7-17)11-20-15(22)10-21-8-2-1-3-16(21)23/h4-5,9H,1-3,6-8,10-11H2,(H,20,22). The van der Waals surface area contributed by atoms with Gasteiger partial charge in [0.05, 0.1) is 6.54 Å². The van der Waals surface area contributed by atoms with Gasteiger partial charge < -0.3 is 10.2 Å². The lowest BCUT2D eigenvalue weighted by Crippen LogP contribution is -2.44. The lowest BCUT2D eigenvalue weighted by molar-refractivity contribution is -0.137. The number of carbonyl (C=O) groups is 2. The molecular weight excluding hydrogens is 302 g/mol. The van der Waals surface area contributed by atoms with Crippen LogP contribution in [0.5, 0.6) is 0 Å². The highest BCUT2D eigenvalue weighted by molar-refractivity contribution is 5.85. The van der Waals surface area contributed by atoms with Gasteiger partial charge in [0.15, 0.2) is 0 Å². The summed E-state index contributed by atoms with van der Waals surface area (Å²) < 4.78 is 26.9. The Morgan fingerprint density at radius 3 is 2.70 bits per heavy atom. The van der Waals surface area contributed by atoms with E-state index in [1.807, 2.05) is 0 Å². The van der Waals surface area contributed by atoms with E-state index in [0.717, 1.165) is 31.7 Å². The highest BCUT2D eigenvalue weighted by atomic mass is 19.1. The lowest BCUT2D eigenvalue weighted by atomic mass is 9.95. The van der Waals surface area contributed by atoms with Crippen LogP contribution in [0.25, 0.3) is 0 Å². The summed E-state index contributed by atoms with van der Waals surface area (Å²) in [5.41, 5.74) is 0.0209. The highest BCUT2D eigenvalue weighted by Crippen LogP contribution is 2.48. The van der Waals surface area contributed by atoms with Crippen LogP contribution in [0.1, 0.15) is 37.7 Å². The van der Waals surface area contributed by atoms with Crippen LogP contribution >= 0.6 is 0 Å². The highest BCUT2D eigenvalue weighted by Gasteiger charge is 2.46. The average Bonchev–Trinajstić information content (AvgIpc) is 3.28. The zero-order valence-corrected chi connectivity index (χ0v) is 12.9. The van der Waals surface area contributed by atoms with Gasteiger partial charge in [0.2, 0.25) is 11.8 Å². The van der Waals surface area contributed by atoms with E-state index in [9.17, 15) is 18.4 Å². The molecule has 2 aliphatic rings. The Morgan fingerprint density at radius 2 is 2.04 bits per heavy atom. The quantitative estimate of drug-likeness (QED) is 0.903. The van der Waals surface area contributed by atoms with E-state index in [4.69, 9.17) is 0 Å². The number of rotatable bonds is 5. The van der Waals surface area contributed by atoms with E-state index in [2.05, 4.69) is 5.32 Å². The van der Waals surface area contributed by atoms with E-state index in [1.54, 1.807) is 4.90 Å². The summed E-state index contributed by atoms with van der Waals surface area (Å²) in [5, 5.41) is 2.80. The van der Waals surface area contributed by atoms with Crippen molar-refractivity contribution in [3.63, 3.8) is 0 Å². The third-order valence-electron chi connectivity index (χ3n) is 4.74. The van der Waals surface area contributed by atoms with E-state index < -0.39 is 17.0 Å². The van der Waals surface area contributed by atoms with E-state index in [0.29, 0.717) is 25.1 Å². The number of carbonyl (C=O) groups excluding carboxylic acids is 2. The summed E-state index contributed by atoms with van der Waals surface area (Å²) >= 11 is 0. The van der Waals surface area contributed by atoms with Crippen LogP contribution < -0.4 is 5.32 Å². The van der Waals surface area contributed by atoms with Crippen LogP contribution in [-0.4, -0.2) is 36.3 Å². The number of nitrogens with one attached hydrogen (secondary N) is 1. The molecule has 1 heterocycles. The van der Waals surface area contributed by atoms with Crippen molar-refractivity contribution in [2.24, 2.45) is 0 Å². The molecule has 1 aliphatic heterocycles. The predicted octanol–water partition coefficient (Wildman–Crippen LogP) is 2.13. The molecule has 0 bridgehead atoms. The number of amides is 2. The average molecular weight is 322 g/mol. The van der Waals surface area contributed by atoms with Gasteiger partial charge in [-0.2, -0.15) is 0 Å². The topological polar surface area (TPSA) is 49.4 Å². The predicted molar refractivity (Wildman–Crippen MR) is 80.7 cm³/mol. The van der Waals surface area contributed by atoms with Gasteiger partial charge in [-0.25, -0.2) is 8.78 Å². The molecule has 0 atom stereocenters. The number of likely N-dealkylation sites (tertiary alicyclic amines) is 1. The van der Waals surface area contributed by atoms with Crippen molar-refractivity contribution in [2.75, 3.05) is 19.6 Å². The van der Waals surface area contributed by atoms with Crippen LogP contribution in [-0.2, 0) is 15.0 Å². The molecule has 0 radical (unpaired) electrons. The maximum absolute atomic E-state index is 13.9. The molecule has 4 nitrogen and oxygen atoms in total. The molecule has 1 N–H and O–H groups in total. The normalized spacial score (nSPS) is 19.6. The largest absolute Gasteiger partial charge is 0.354 e. The minimum atomic E-state index is -0.602. The second-order valence-corrected chi connectivity index (χ2v) is 6.45. The molecule has 0 aromatic heterocycles. The van der Waals surface area contributed by atoms with Crippen molar-refractivity contribution in [1.29, 1.82) is 0 Å². The molecule has 1 saturated heterocycles. The Morgan fingerprint density at radius 1 is 1.26 bits per heavy atom. The number of benzene rings is 1. The fraction of sp³-hybridized carbons (Fsp3) is 0.529. The van der Waals surface area contributed by atoms with E-state index in [-0.39, 0.29) is 18.4 Å².